The number of hydrogen-bond acceptors (Lipinski definition) is 2. The Morgan fingerprint density at radius 1 is 1.13 bits per heavy atom. The molecular weight excluding hydrogens is 308 g/mol. The molecule has 0 radical (unpaired) electrons. The number of nitrogens with zero attached hydrogens (tertiary/aromatic N) is 1. The van der Waals surface area contributed by atoms with E-state index < -0.39 is 0 Å². The lowest BCUT2D eigenvalue weighted by Crippen LogP contribution is -2.39. The van der Waals surface area contributed by atoms with Gasteiger partial charge >= 0.3 is 0 Å². The highest BCUT2D eigenvalue weighted by atomic mass is 35.5. The topological polar surface area (TPSA) is 46.3 Å². The van der Waals surface area contributed by atoms with E-state index >= 15 is 0 Å². The highest BCUT2D eigenvalue weighted by molar-refractivity contribution is 5.95. The summed E-state index contributed by atoms with van der Waals surface area (Å²) in [5.74, 6) is -0.215. The Kier molecular flexibility index (Phi) is 7.27. The van der Waals surface area contributed by atoms with Crippen LogP contribution >= 0.6 is 12.4 Å². The Hall–Kier alpha value is -1.84. The van der Waals surface area contributed by atoms with Gasteiger partial charge in [0.25, 0.3) is 0 Å². The fraction of sp³-hybridized carbons (Fsp3) is 0.316. The zero-order valence-electron chi connectivity index (χ0n) is 13.9. The van der Waals surface area contributed by atoms with Gasteiger partial charge in [0.1, 0.15) is 0 Å². The zero-order chi connectivity index (χ0) is 16.1. The van der Waals surface area contributed by atoms with E-state index in [1.54, 1.807) is 4.90 Å². The first-order valence-corrected chi connectivity index (χ1v) is 7.73. The van der Waals surface area contributed by atoms with Gasteiger partial charge in [0.15, 0.2) is 0 Å². The van der Waals surface area contributed by atoms with Crippen LogP contribution in [0.15, 0.2) is 54.6 Å². The first-order chi connectivity index (χ1) is 10.5. The number of aryl methyl sites for hydroxylation is 1. The maximum atomic E-state index is 12.8. The van der Waals surface area contributed by atoms with Gasteiger partial charge in [0.05, 0.1) is 5.92 Å². The van der Waals surface area contributed by atoms with E-state index in [4.69, 9.17) is 5.73 Å². The third-order valence-corrected chi connectivity index (χ3v) is 4.01. The van der Waals surface area contributed by atoms with Crippen molar-refractivity contribution in [1.29, 1.82) is 0 Å². The van der Waals surface area contributed by atoms with Gasteiger partial charge < -0.3 is 10.6 Å². The lowest BCUT2D eigenvalue weighted by atomic mass is 9.94. The van der Waals surface area contributed by atoms with Crippen LogP contribution in [0, 0.1) is 12.8 Å². The van der Waals surface area contributed by atoms with E-state index in [0.717, 1.165) is 16.8 Å². The molecule has 0 fully saturated rings. The average Bonchev–Trinajstić information content (AvgIpc) is 2.55. The largest absolute Gasteiger partial charge is 0.323 e. The van der Waals surface area contributed by atoms with Gasteiger partial charge in [-0.1, -0.05) is 49.4 Å². The fourth-order valence-electron chi connectivity index (χ4n) is 2.62. The van der Waals surface area contributed by atoms with Crippen molar-refractivity contribution in [2.75, 3.05) is 11.4 Å². The average molecular weight is 333 g/mol. The second kappa shape index (κ2) is 8.70. The van der Waals surface area contributed by atoms with Crippen molar-refractivity contribution in [1.82, 2.24) is 0 Å². The number of hydrogen-bond donors (Lipinski definition) is 1. The first kappa shape index (κ1) is 19.2. The van der Waals surface area contributed by atoms with Crippen LogP contribution in [-0.4, -0.2) is 12.5 Å². The Morgan fingerprint density at radius 2 is 1.78 bits per heavy atom. The molecule has 0 aliphatic heterocycles. The molecular formula is C19H25ClN2O. The SMILES string of the molecule is CCN(C(=O)C(C)C(N)c1ccccc1)c1cccc(C)c1.Cl. The third-order valence-electron chi connectivity index (χ3n) is 4.01. The number of carbonyl (C=O) groups is 1. The highest BCUT2D eigenvalue weighted by Crippen LogP contribution is 2.24. The smallest absolute Gasteiger partial charge is 0.231 e. The van der Waals surface area contributed by atoms with Crippen LogP contribution in [0.1, 0.15) is 31.0 Å². The summed E-state index contributed by atoms with van der Waals surface area (Å²) in [7, 11) is 0. The predicted molar refractivity (Wildman–Crippen MR) is 99.0 cm³/mol. The summed E-state index contributed by atoms with van der Waals surface area (Å²) < 4.78 is 0. The summed E-state index contributed by atoms with van der Waals surface area (Å²) in [6.45, 7) is 6.55. The van der Waals surface area contributed by atoms with Gasteiger partial charge in [0.2, 0.25) is 5.91 Å². The standard InChI is InChI=1S/C19H24N2O.ClH/c1-4-21(17-12-8-9-14(2)13-17)19(22)15(3)18(20)16-10-6-5-7-11-16;/h5-13,15,18H,4,20H2,1-3H3;1H. The minimum absolute atomic E-state index is 0. The monoisotopic (exact) mass is 332 g/mol. The van der Waals surface area contributed by atoms with E-state index in [1.807, 2.05) is 75.4 Å². The van der Waals surface area contributed by atoms with Crippen molar-refractivity contribution in [3.63, 3.8) is 0 Å². The van der Waals surface area contributed by atoms with E-state index in [2.05, 4.69) is 0 Å². The molecule has 0 aromatic heterocycles. The van der Waals surface area contributed by atoms with E-state index in [0.29, 0.717) is 6.54 Å². The number of rotatable bonds is 5. The lowest BCUT2D eigenvalue weighted by Gasteiger charge is -2.28. The van der Waals surface area contributed by atoms with E-state index in [9.17, 15) is 4.79 Å². The zero-order valence-corrected chi connectivity index (χ0v) is 14.7. The fourth-order valence-corrected chi connectivity index (χ4v) is 2.62. The van der Waals surface area contributed by atoms with Crippen molar-refractivity contribution in [3.05, 3.63) is 65.7 Å². The summed E-state index contributed by atoms with van der Waals surface area (Å²) in [6.07, 6.45) is 0. The minimum Gasteiger partial charge on any atom is -0.323 e. The molecule has 124 valence electrons. The molecule has 0 saturated carbocycles. The molecule has 2 N–H and O–H groups in total. The first-order valence-electron chi connectivity index (χ1n) is 7.73. The number of nitrogens with two attached hydrogens (primary N) is 1. The van der Waals surface area contributed by atoms with Gasteiger partial charge in [-0.25, -0.2) is 0 Å². The summed E-state index contributed by atoms with van der Waals surface area (Å²) >= 11 is 0. The van der Waals surface area contributed by atoms with Crippen molar-refractivity contribution in [3.8, 4) is 0 Å². The molecule has 3 nitrogen and oxygen atoms in total. The van der Waals surface area contributed by atoms with Gasteiger partial charge in [-0.05, 0) is 37.1 Å². The molecule has 0 spiro atoms. The summed E-state index contributed by atoms with van der Waals surface area (Å²) in [4.78, 5) is 14.7. The molecule has 4 heteroatoms. The summed E-state index contributed by atoms with van der Waals surface area (Å²) in [5.41, 5.74) is 9.35. The molecule has 2 atom stereocenters. The second-order valence-electron chi connectivity index (χ2n) is 5.65. The van der Waals surface area contributed by atoms with Crippen molar-refractivity contribution in [2.45, 2.75) is 26.8 Å². The van der Waals surface area contributed by atoms with Crippen LogP contribution in [0.4, 0.5) is 5.69 Å². The maximum Gasteiger partial charge on any atom is 0.231 e. The van der Waals surface area contributed by atoms with Crippen molar-refractivity contribution < 1.29 is 4.79 Å². The van der Waals surface area contributed by atoms with Crippen LogP contribution < -0.4 is 10.6 Å². The van der Waals surface area contributed by atoms with Gasteiger partial charge in [0, 0.05) is 18.3 Å². The van der Waals surface area contributed by atoms with E-state index in [1.165, 1.54) is 0 Å². The van der Waals surface area contributed by atoms with Crippen LogP contribution in [0.5, 0.6) is 0 Å². The third kappa shape index (κ3) is 4.57. The molecule has 0 aliphatic rings. The predicted octanol–water partition coefficient (Wildman–Crippen LogP) is 4.11. The minimum atomic E-state index is -0.299. The van der Waals surface area contributed by atoms with Gasteiger partial charge in [-0.15, -0.1) is 12.4 Å². The summed E-state index contributed by atoms with van der Waals surface area (Å²) in [6, 6.07) is 17.5. The number of halogens is 1. The Bertz CT molecular complexity index is 630. The number of amides is 1. The van der Waals surface area contributed by atoms with Crippen molar-refractivity contribution >= 4 is 24.0 Å². The number of carbonyl (C=O) groups excluding carboxylic acids is 1. The number of anilines is 1. The Balaban J connectivity index is 0.00000264. The molecule has 0 bridgehead atoms. The van der Waals surface area contributed by atoms with Crippen LogP contribution in [0.25, 0.3) is 0 Å². The van der Waals surface area contributed by atoms with E-state index in [-0.39, 0.29) is 30.3 Å². The molecule has 2 aromatic rings. The molecule has 2 aromatic carbocycles. The number of benzene rings is 2. The molecule has 0 heterocycles. The summed E-state index contributed by atoms with van der Waals surface area (Å²) in [5, 5.41) is 0. The highest BCUT2D eigenvalue weighted by Gasteiger charge is 2.26. The maximum absolute atomic E-state index is 12.8. The molecule has 0 aliphatic carbocycles. The Labute approximate surface area is 144 Å². The Morgan fingerprint density at radius 3 is 2.35 bits per heavy atom. The van der Waals surface area contributed by atoms with Gasteiger partial charge in [-0.3, -0.25) is 4.79 Å². The molecule has 0 saturated heterocycles. The molecule has 23 heavy (non-hydrogen) atoms. The second-order valence-corrected chi connectivity index (χ2v) is 5.65. The molecule has 2 unspecified atom stereocenters. The normalized spacial score (nSPS) is 12.9. The molecule has 2 rings (SSSR count). The lowest BCUT2D eigenvalue weighted by molar-refractivity contribution is -0.122. The molecule has 1 amide bonds. The van der Waals surface area contributed by atoms with Crippen molar-refractivity contribution in [2.24, 2.45) is 11.7 Å². The van der Waals surface area contributed by atoms with Crippen LogP contribution in [0.2, 0.25) is 0 Å². The van der Waals surface area contributed by atoms with Gasteiger partial charge in [-0.2, -0.15) is 0 Å². The quantitative estimate of drug-likeness (QED) is 0.895. The van der Waals surface area contributed by atoms with Crippen LogP contribution in [-0.2, 0) is 4.79 Å². The van der Waals surface area contributed by atoms with Crippen LogP contribution in [0.3, 0.4) is 0 Å².